The molecule has 3 nitrogen and oxygen atoms in total. The molecule has 2 aromatic carbocycles. The SMILES string of the molecule is [B]c1ccc(OCc2ccc(Cl)cc2Cl)c(CNCCO)c1. The number of halogens is 2. The smallest absolute Gasteiger partial charge is 0.124 e. The molecule has 2 radical (unpaired) electrons. The monoisotopic (exact) mass is 335 g/mol. The third-order valence-electron chi connectivity index (χ3n) is 3.09. The molecule has 0 aliphatic carbocycles. The van der Waals surface area contributed by atoms with Crippen LogP contribution in [0.5, 0.6) is 5.75 Å². The first-order valence-electron chi connectivity index (χ1n) is 6.87. The lowest BCUT2D eigenvalue weighted by Crippen LogP contribution is -2.19. The van der Waals surface area contributed by atoms with Crippen LogP contribution >= 0.6 is 23.2 Å². The molecule has 0 bridgehead atoms. The van der Waals surface area contributed by atoms with Gasteiger partial charge in [0.15, 0.2) is 0 Å². The van der Waals surface area contributed by atoms with E-state index in [-0.39, 0.29) is 6.61 Å². The van der Waals surface area contributed by atoms with Crippen LogP contribution in [0.15, 0.2) is 36.4 Å². The highest BCUT2D eigenvalue weighted by molar-refractivity contribution is 6.35. The molecule has 0 saturated heterocycles. The first-order valence-corrected chi connectivity index (χ1v) is 7.62. The predicted molar refractivity (Wildman–Crippen MR) is 91.4 cm³/mol. The van der Waals surface area contributed by atoms with Gasteiger partial charge in [-0.05, 0) is 18.2 Å². The molecule has 0 aliphatic rings. The number of hydrogen-bond donors (Lipinski definition) is 2. The van der Waals surface area contributed by atoms with Crippen LogP contribution in [0, 0.1) is 0 Å². The summed E-state index contributed by atoms with van der Waals surface area (Å²) < 4.78 is 5.84. The Labute approximate surface area is 141 Å². The van der Waals surface area contributed by atoms with Crippen LogP contribution in [0.25, 0.3) is 0 Å². The van der Waals surface area contributed by atoms with Crippen molar-refractivity contribution in [2.45, 2.75) is 13.2 Å². The lowest BCUT2D eigenvalue weighted by Gasteiger charge is -2.14. The number of ether oxygens (including phenoxy) is 1. The van der Waals surface area contributed by atoms with Crippen LogP contribution in [0.1, 0.15) is 11.1 Å². The Morgan fingerprint density at radius 1 is 1.09 bits per heavy atom. The largest absolute Gasteiger partial charge is 0.489 e. The van der Waals surface area contributed by atoms with Gasteiger partial charge in [-0.25, -0.2) is 0 Å². The first-order chi connectivity index (χ1) is 10.6. The second kappa shape index (κ2) is 8.44. The molecule has 0 spiro atoms. The lowest BCUT2D eigenvalue weighted by molar-refractivity contribution is 0.288. The van der Waals surface area contributed by atoms with Gasteiger partial charge in [0.2, 0.25) is 0 Å². The molecule has 0 atom stereocenters. The van der Waals surface area contributed by atoms with Crippen molar-refractivity contribution >= 4 is 36.5 Å². The fourth-order valence-electron chi connectivity index (χ4n) is 1.97. The van der Waals surface area contributed by atoms with Crippen LogP contribution in [0.4, 0.5) is 0 Å². The van der Waals surface area contributed by atoms with Crippen molar-refractivity contribution < 1.29 is 9.84 Å². The summed E-state index contributed by atoms with van der Waals surface area (Å²) in [5.74, 6) is 0.727. The number of aliphatic hydroxyl groups is 1. The van der Waals surface area contributed by atoms with E-state index in [1.54, 1.807) is 18.2 Å². The topological polar surface area (TPSA) is 41.5 Å². The minimum atomic E-state index is 0.0822. The molecule has 2 N–H and O–H groups in total. The van der Waals surface area contributed by atoms with E-state index in [0.29, 0.717) is 35.2 Å². The fourth-order valence-corrected chi connectivity index (χ4v) is 2.44. The van der Waals surface area contributed by atoms with Gasteiger partial charge in [0, 0.05) is 34.3 Å². The zero-order chi connectivity index (χ0) is 15.9. The highest BCUT2D eigenvalue weighted by atomic mass is 35.5. The number of hydrogen-bond acceptors (Lipinski definition) is 3. The molecule has 0 fully saturated rings. The molecular formula is C16H16BCl2NO2. The summed E-state index contributed by atoms with van der Waals surface area (Å²) in [5.41, 5.74) is 2.45. The van der Waals surface area contributed by atoms with Gasteiger partial charge in [-0.15, -0.1) is 0 Å². The van der Waals surface area contributed by atoms with E-state index in [4.69, 9.17) is 40.9 Å². The Bertz CT molecular complexity index is 638. The molecule has 0 aliphatic heterocycles. The summed E-state index contributed by atoms with van der Waals surface area (Å²) in [4.78, 5) is 0. The molecule has 2 aromatic rings. The normalized spacial score (nSPS) is 10.7. The number of rotatable bonds is 7. The average Bonchev–Trinajstić information content (AvgIpc) is 2.48. The molecule has 0 amide bonds. The third-order valence-corrected chi connectivity index (χ3v) is 3.67. The van der Waals surface area contributed by atoms with Crippen LogP contribution in [0.2, 0.25) is 10.0 Å². The van der Waals surface area contributed by atoms with Gasteiger partial charge < -0.3 is 15.2 Å². The number of nitrogens with one attached hydrogen (secondary N) is 1. The van der Waals surface area contributed by atoms with Gasteiger partial charge in [0.25, 0.3) is 0 Å². The van der Waals surface area contributed by atoms with Gasteiger partial charge in [0.05, 0.1) is 6.61 Å². The highest BCUT2D eigenvalue weighted by Crippen LogP contribution is 2.24. The van der Waals surface area contributed by atoms with Crippen LogP contribution in [-0.2, 0) is 13.2 Å². The Kier molecular flexibility index (Phi) is 6.59. The molecule has 0 saturated carbocycles. The molecule has 6 heteroatoms. The van der Waals surface area contributed by atoms with E-state index < -0.39 is 0 Å². The summed E-state index contributed by atoms with van der Waals surface area (Å²) in [6, 6.07) is 10.8. The van der Waals surface area contributed by atoms with Crippen molar-refractivity contribution in [3.8, 4) is 5.75 Å². The van der Waals surface area contributed by atoms with Crippen molar-refractivity contribution in [1.29, 1.82) is 0 Å². The molecule has 22 heavy (non-hydrogen) atoms. The molecule has 114 valence electrons. The van der Waals surface area contributed by atoms with Crippen LogP contribution in [0.3, 0.4) is 0 Å². The average molecular weight is 336 g/mol. The summed E-state index contributed by atoms with van der Waals surface area (Å²) >= 11 is 12.0. The summed E-state index contributed by atoms with van der Waals surface area (Å²) in [6.07, 6.45) is 0. The lowest BCUT2D eigenvalue weighted by atomic mass is 9.94. The van der Waals surface area contributed by atoms with E-state index in [2.05, 4.69) is 5.32 Å². The number of aliphatic hydroxyl groups excluding tert-OH is 1. The Hall–Kier alpha value is -1.20. The van der Waals surface area contributed by atoms with E-state index in [1.807, 2.05) is 18.2 Å². The first kappa shape index (κ1) is 17.2. The fraction of sp³-hybridized carbons (Fsp3) is 0.250. The number of benzene rings is 2. The summed E-state index contributed by atoms with van der Waals surface area (Å²) in [6.45, 7) is 1.50. The van der Waals surface area contributed by atoms with Crippen molar-refractivity contribution in [2.24, 2.45) is 0 Å². The van der Waals surface area contributed by atoms with Gasteiger partial charge in [-0.3, -0.25) is 0 Å². The summed E-state index contributed by atoms with van der Waals surface area (Å²) in [7, 11) is 5.81. The molecular weight excluding hydrogens is 320 g/mol. The Balaban J connectivity index is 2.08. The molecule has 0 unspecified atom stereocenters. The standard InChI is InChI=1S/C16H16BCl2NO2/c17-13-2-4-16(12(7-13)9-20-5-6-21)22-10-11-1-3-14(18)8-15(11)19/h1-4,7-8,20-21H,5-6,9-10H2. The van der Waals surface area contributed by atoms with Gasteiger partial charge in [-0.2, -0.15) is 0 Å². The summed E-state index contributed by atoms with van der Waals surface area (Å²) in [5, 5.41) is 13.1. The predicted octanol–water partition coefficient (Wildman–Crippen LogP) is 2.45. The Morgan fingerprint density at radius 3 is 2.64 bits per heavy atom. The minimum absolute atomic E-state index is 0.0822. The maximum Gasteiger partial charge on any atom is 0.124 e. The minimum Gasteiger partial charge on any atom is -0.489 e. The van der Waals surface area contributed by atoms with Gasteiger partial charge in [0.1, 0.15) is 20.2 Å². The van der Waals surface area contributed by atoms with Crippen molar-refractivity contribution in [3.63, 3.8) is 0 Å². The van der Waals surface area contributed by atoms with Gasteiger partial charge >= 0.3 is 0 Å². The van der Waals surface area contributed by atoms with Crippen LogP contribution < -0.4 is 15.5 Å². The van der Waals surface area contributed by atoms with Crippen molar-refractivity contribution in [3.05, 3.63) is 57.6 Å². The van der Waals surface area contributed by atoms with Crippen LogP contribution in [-0.4, -0.2) is 26.1 Å². The quantitative estimate of drug-likeness (QED) is 0.603. The zero-order valence-corrected chi connectivity index (χ0v) is 13.5. The van der Waals surface area contributed by atoms with Crippen molar-refractivity contribution in [1.82, 2.24) is 5.32 Å². The van der Waals surface area contributed by atoms with E-state index in [1.165, 1.54) is 0 Å². The van der Waals surface area contributed by atoms with E-state index >= 15 is 0 Å². The second-order valence-corrected chi connectivity index (χ2v) is 5.64. The zero-order valence-electron chi connectivity index (χ0n) is 12.0. The molecule has 0 aromatic heterocycles. The maximum absolute atomic E-state index is 8.83. The van der Waals surface area contributed by atoms with Crippen molar-refractivity contribution in [2.75, 3.05) is 13.2 Å². The van der Waals surface area contributed by atoms with E-state index in [0.717, 1.165) is 16.9 Å². The molecule has 0 heterocycles. The maximum atomic E-state index is 8.83. The van der Waals surface area contributed by atoms with Gasteiger partial charge in [-0.1, -0.05) is 46.9 Å². The second-order valence-electron chi connectivity index (χ2n) is 4.79. The Morgan fingerprint density at radius 2 is 1.91 bits per heavy atom. The third kappa shape index (κ3) is 4.92. The van der Waals surface area contributed by atoms with E-state index in [9.17, 15) is 0 Å². The highest BCUT2D eigenvalue weighted by Gasteiger charge is 2.07. The molecule has 2 rings (SSSR count).